The number of amides is 1. The summed E-state index contributed by atoms with van der Waals surface area (Å²) in [6, 6.07) is 7.87. The van der Waals surface area contributed by atoms with Gasteiger partial charge in [-0.2, -0.15) is 5.10 Å². The van der Waals surface area contributed by atoms with Gasteiger partial charge in [0.1, 0.15) is 0 Å². The van der Waals surface area contributed by atoms with Crippen LogP contribution in [0.3, 0.4) is 0 Å². The Kier molecular flexibility index (Phi) is 6.92. The van der Waals surface area contributed by atoms with Gasteiger partial charge >= 0.3 is 0 Å². The number of pyridine rings is 2. The molecule has 2 fully saturated rings. The van der Waals surface area contributed by atoms with Crippen LogP contribution in [0.4, 0.5) is 0 Å². The monoisotopic (exact) mass is 530 g/mol. The predicted octanol–water partition coefficient (Wildman–Crippen LogP) is 2.94. The molecule has 10 nitrogen and oxygen atoms in total. The number of hydrogen-bond donors (Lipinski definition) is 2. The molecule has 0 saturated carbocycles. The van der Waals surface area contributed by atoms with Crippen molar-refractivity contribution >= 4 is 27.7 Å². The topological polar surface area (TPSA) is 117 Å². The number of aryl methyl sites for hydroxylation is 1. The van der Waals surface area contributed by atoms with Gasteiger partial charge in [-0.3, -0.25) is 24.2 Å². The third-order valence-corrected chi connectivity index (χ3v) is 8.02. The summed E-state index contributed by atoms with van der Waals surface area (Å²) in [6.07, 6.45) is 4.55. The molecule has 39 heavy (non-hydrogen) atoms. The van der Waals surface area contributed by atoms with Crippen molar-refractivity contribution in [1.82, 2.24) is 29.5 Å². The number of benzene rings is 1. The molecular weight excluding hydrogens is 496 g/mol. The summed E-state index contributed by atoms with van der Waals surface area (Å²) in [5.74, 6) is 0.00786. The number of carbonyl (C=O) groups excluding carboxylic acids is 1. The van der Waals surface area contributed by atoms with Crippen LogP contribution in [0, 0.1) is 6.92 Å². The zero-order valence-electron chi connectivity index (χ0n) is 22.4. The fourth-order valence-electron chi connectivity index (χ4n) is 5.74. The van der Waals surface area contributed by atoms with Gasteiger partial charge in [-0.05, 0) is 56.0 Å². The van der Waals surface area contributed by atoms with E-state index in [1.165, 1.54) is 0 Å². The van der Waals surface area contributed by atoms with Gasteiger partial charge in [-0.25, -0.2) is 0 Å². The van der Waals surface area contributed by atoms with Crippen molar-refractivity contribution in [3.8, 4) is 0 Å². The first-order valence-electron chi connectivity index (χ1n) is 13.6. The fraction of sp³-hybridized carbons (Fsp3) is 0.448. The molecule has 4 aromatic rings. The number of ether oxygens (including phenoxy) is 1. The van der Waals surface area contributed by atoms with E-state index < -0.39 is 6.10 Å². The summed E-state index contributed by atoms with van der Waals surface area (Å²) in [6.45, 7) is 8.54. The van der Waals surface area contributed by atoms with E-state index in [1.54, 1.807) is 13.1 Å². The molecule has 5 heterocycles. The number of rotatable bonds is 5. The van der Waals surface area contributed by atoms with Crippen LogP contribution in [0.2, 0.25) is 0 Å². The van der Waals surface area contributed by atoms with Crippen LogP contribution in [0.25, 0.3) is 21.8 Å². The minimum atomic E-state index is -0.578. The Hall–Kier alpha value is -3.60. The van der Waals surface area contributed by atoms with E-state index in [-0.39, 0.29) is 17.5 Å². The van der Waals surface area contributed by atoms with E-state index in [4.69, 9.17) is 4.74 Å². The lowest BCUT2D eigenvalue weighted by Gasteiger charge is -2.35. The van der Waals surface area contributed by atoms with Crippen molar-refractivity contribution in [2.24, 2.45) is 0 Å². The molecule has 0 aliphatic carbocycles. The average molecular weight is 531 g/mol. The van der Waals surface area contributed by atoms with E-state index >= 15 is 0 Å². The molecule has 10 heteroatoms. The molecule has 0 bridgehead atoms. The molecule has 1 aromatic carbocycles. The van der Waals surface area contributed by atoms with Crippen molar-refractivity contribution in [1.29, 1.82) is 0 Å². The van der Waals surface area contributed by atoms with Gasteiger partial charge in [0.15, 0.2) is 0 Å². The second kappa shape index (κ2) is 10.5. The van der Waals surface area contributed by atoms with Crippen molar-refractivity contribution in [2.75, 3.05) is 39.4 Å². The number of nitrogens with one attached hydrogen (secondary N) is 1. The molecule has 2 aliphatic rings. The zero-order valence-corrected chi connectivity index (χ0v) is 22.4. The number of hydrogen-bond acceptors (Lipinski definition) is 7. The molecule has 2 N–H and O–H groups in total. The van der Waals surface area contributed by atoms with Crippen molar-refractivity contribution in [3.63, 3.8) is 0 Å². The van der Waals surface area contributed by atoms with Crippen LogP contribution in [-0.4, -0.2) is 80.0 Å². The SMILES string of the molecule is Cc1cc2[nH]c(=O)c3cnn(C4CCOCC4)c3c2cc1C(=O)N1CCN(Cc2ccc(C(C)O)nc2)CC1. The molecule has 1 atom stereocenters. The standard InChI is InChI=1S/C29H34N6O4/c1-18-13-26-23(27-24(28(37)32-26)16-31-35(27)21-5-11-39-12-6-21)14-22(18)29(38)34-9-7-33(8-10-34)17-20-3-4-25(19(2)36)30-15-20/h3-4,13-16,19,21,36H,5-12,17H2,1-2H3,(H,32,37). The highest BCUT2D eigenvalue weighted by Gasteiger charge is 2.26. The Morgan fingerprint density at radius 2 is 1.90 bits per heavy atom. The highest BCUT2D eigenvalue weighted by molar-refractivity contribution is 6.07. The molecule has 0 spiro atoms. The van der Waals surface area contributed by atoms with Gasteiger partial charge in [0.05, 0.1) is 40.5 Å². The summed E-state index contributed by atoms with van der Waals surface area (Å²) >= 11 is 0. The molecule has 6 rings (SSSR count). The Morgan fingerprint density at radius 3 is 2.59 bits per heavy atom. The van der Waals surface area contributed by atoms with Crippen molar-refractivity contribution in [2.45, 2.75) is 45.4 Å². The Balaban J connectivity index is 1.23. The number of fused-ring (bicyclic) bond motifs is 3. The number of nitrogens with zero attached hydrogens (tertiary/aromatic N) is 5. The Bertz CT molecular complexity index is 1560. The van der Waals surface area contributed by atoms with E-state index in [0.29, 0.717) is 42.9 Å². The Morgan fingerprint density at radius 1 is 1.13 bits per heavy atom. The zero-order chi connectivity index (χ0) is 27.1. The van der Waals surface area contributed by atoms with Gasteiger partial charge < -0.3 is 19.7 Å². The number of aromatic nitrogens is 4. The highest BCUT2D eigenvalue weighted by atomic mass is 16.5. The minimum absolute atomic E-state index is 0.00786. The number of H-pyrrole nitrogens is 1. The van der Waals surface area contributed by atoms with Gasteiger partial charge in [0, 0.05) is 63.1 Å². The maximum Gasteiger partial charge on any atom is 0.259 e. The van der Waals surface area contributed by atoms with Crippen LogP contribution < -0.4 is 5.56 Å². The quantitative estimate of drug-likeness (QED) is 0.408. The normalized spacial score (nSPS) is 18.2. The first-order valence-corrected chi connectivity index (χ1v) is 13.6. The second-order valence-electron chi connectivity index (χ2n) is 10.7. The largest absolute Gasteiger partial charge is 0.387 e. The molecule has 2 aliphatic heterocycles. The smallest absolute Gasteiger partial charge is 0.259 e. The van der Waals surface area contributed by atoms with Crippen molar-refractivity contribution in [3.05, 3.63) is 69.4 Å². The van der Waals surface area contributed by atoms with E-state index in [2.05, 4.69) is 20.0 Å². The molecule has 3 aromatic heterocycles. The number of aliphatic hydroxyl groups is 1. The third kappa shape index (κ3) is 4.95. The third-order valence-electron chi connectivity index (χ3n) is 8.02. The minimum Gasteiger partial charge on any atom is -0.387 e. The summed E-state index contributed by atoms with van der Waals surface area (Å²) in [5.41, 5.74) is 4.58. The predicted molar refractivity (Wildman–Crippen MR) is 148 cm³/mol. The number of piperazine rings is 1. The lowest BCUT2D eigenvalue weighted by molar-refractivity contribution is 0.0627. The van der Waals surface area contributed by atoms with Crippen LogP contribution in [0.1, 0.15) is 59.1 Å². The summed E-state index contributed by atoms with van der Waals surface area (Å²) in [5, 5.41) is 15.7. The number of aromatic amines is 1. The van der Waals surface area contributed by atoms with Crippen LogP contribution in [0.15, 0.2) is 41.5 Å². The van der Waals surface area contributed by atoms with Gasteiger partial charge in [0.25, 0.3) is 11.5 Å². The van der Waals surface area contributed by atoms with E-state index in [1.807, 2.05) is 47.0 Å². The average Bonchev–Trinajstić information content (AvgIpc) is 3.40. The molecule has 204 valence electrons. The summed E-state index contributed by atoms with van der Waals surface area (Å²) in [7, 11) is 0. The molecule has 0 radical (unpaired) electrons. The first kappa shape index (κ1) is 25.7. The number of carbonyl (C=O) groups is 1. The molecule has 1 unspecified atom stereocenters. The van der Waals surface area contributed by atoms with E-state index in [9.17, 15) is 14.7 Å². The van der Waals surface area contributed by atoms with Gasteiger partial charge in [-0.15, -0.1) is 0 Å². The molecule has 1 amide bonds. The van der Waals surface area contributed by atoms with Gasteiger partial charge in [0.2, 0.25) is 0 Å². The van der Waals surface area contributed by atoms with Crippen LogP contribution in [0.5, 0.6) is 0 Å². The van der Waals surface area contributed by atoms with E-state index in [0.717, 1.165) is 60.0 Å². The molecular formula is C29H34N6O4. The lowest BCUT2D eigenvalue weighted by atomic mass is 10.0. The summed E-state index contributed by atoms with van der Waals surface area (Å²) < 4.78 is 7.49. The Labute approximate surface area is 226 Å². The second-order valence-corrected chi connectivity index (χ2v) is 10.7. The van der Waals surface area contributed by atoms with Gasteiger partial charge in [-0.1, -0.05) is 6.07 Å². The van der Waals surface area contributed by atoms with Crippen molar-refractivity contribution < 1.29 is 14.6 Å². The van der Waals surface area contributed by atoms with Crippen LogP contribution in [-0.2, 0) is 11.3 Å². The summed E-state index contributed by atoms with van der Waals surface area (Å²) in [4.78, 5) is 38.1. The first-order chi connectivity index (χ1) is 18.9. The maximum atomic E-state index is 13.7. The lowest BCUT2D eigenvalue weighted by Crippen LogP contribution is -2.48. The maximum absolute atomic E-state index is 13.7. The highest BCUT2D eigenvalue weighted by Crippen LogP contribution is 2.30. The number of aliphatic hydroxyl groups excluding tert-OH is 1. The van der Waals surface area contributed by atoms with Crippen LogP contribution >= 0.6 is 0 Å². The fourth-order valence-corrected chi connectivity index (χ4v) is 5.74. The molecule has 2 saturated heterocycles.